The van der Waals surface area contributed by atoms with Crippen molar-refractivity contribution in [3.05, 3.63) is 33.8 Å². The van der Waals surface area contributed by atoms with E-state index < -0.39 is 22.6 Å². The first kappa shape index (κ1) is 20.6. The van der Waals surface area contributed by atoms with Crippen LogP contribution in [0, 0.1) is 0 Å². The van der Waals surface area contributed by atoms with Crippen molar-refractivity contribution in [1.29, 1.82) is 0 Å². The van der Waals surface area contributed by atoms with Crippen LogP contribution < -0.4 is 10.0 Å². The molecule has 0 saturated heterocycles. The van der Waals surface area contributed by atoms with Crippen molar-refractivity contribution in [2.75, 3.05) is 6.54 Å². The molecule has 0 aliphatic carbocycles. The van der Waals surface area contributed by atoms with Crippen LogP contribution in [-0.4, -0.2) is 27.1 Å². The Morgan fingerprint density at radius 1 is 1.24 bits per heavy atom. The molecule has 1 aliphatic rings. The molecule has 1 heterocycles. The second-order valence-corrected chi connectivity index (χ2v) is 11.1. The van der Waals surface area contributed by atoms with E-state index in [0.29, 0.717) is 6.54 Å². The molecule has 2 rings (SSSR count). The van der Waals surface area contributed by atoms with Gasteiger partial charge in [-0.1, -0.05) is 22.0 Å². The monoisotopic (exact) mass is 430 g/mol. The highest BCUT2D eigenvalue weighted by molar-refractivity contribution is 9.10. The van der Waals surface area contributed by atoms with E-state index in [4.69, 9.17) is 4.74 Å². The zero-order valence-corrected chi connectivity index (χ0v) is 18.0. The first-order valence-corrected chi connectivity index (χ1v) is 10.3. The molecule has 5 nitrogen and oxygen atoms in total. The molecule has 1 aromatic rings. The summed E-state index contributed by atoms with van der Waals surface area (Å²) in [6.45, 7) is 11.8. The van der Waals surface area contributed by atoms with Gasteiger partial charge in [-0.2, -0.15) is 0 Å². The largest absolute Gasteiger partial charge is 0.459 e. The minimum Gasteiger partial charge on any atom is -0.459 e. The van der Waals surface area contributed by atoms with Gasteiger partial charge < -0.3 is 4.74 Å². The smallest absolute Gasteiger partial charge is 0.328 e. The first-order chi connectivity index (χ1) is 11.4. The molecule has 2 N–H and O–H groups in total. The van der Waals surface area contributed by atoms with Gasteiger partial charge in [0.15, 0.2) is 0 Å². The summed E-state index contributed by atoms with van der Waals surface area (Å²) in [6, 6.07) is 5.15. The summed E-state index contributed by atoms with van der Waals surface area (Å²) in [5, 5.41) is 3.24. The van der Waals surface area contributed by atoms with Crippen molar-refractivity contribution >= 4 is 32.9 Å². The maximum absolute atomic E-state index is 12.6. The molecule has 0 bridgehead atoms. The predicted octanol–water partition coefficient (Wildman–Crippen LogP) is 3.53. The highest BCUT2D eigenvalue weighted by Crippen LogP contribution is 2.33. The van der Waals surface area contributed by atoms with Crippen molar-refractivity contribution in [2.45, 2.75) is 64.0 Å². The molecule has 3 atom stereocenters. The molecule has 0 aromatic heterocycles. The van der Waals surface area contributed by atoms with Gasteiger partial charge in [0.1, 0.15) is 11.6 Å². The van der Waals surface area contributed by atoms with Gasteiger partial charge in [0.2, 0.25) is 0 Å². The second-order valence-electron chi connectivity index (χ2n) is 8.20. The third kappa shape index (κ3) is 5.36. The lowest BCUT2D eigenvalue weighted by Gasteiger charge is -2.34. The molecule has 140 valence electrons. The number of hydrogen-bond donors (Lipinski definition) is 2. The van der Waals surface area contributed by atoms with Crippen LogP contribution in [0.3, 0.4) is 0 Å². The van der Waals surface area contributed by atoms with E-state index in [0.717, 1.165) is 15.6 Å². The minimum atomic E-state index is -1.20. The number of halogens is 1. The lowest BCUT2D eigenvalue weighted by atomic mass is 9.91. The highest BCUT2D eigenvalue weighted by Gasteiger charge is 2.35. The first-order valence-electron chi connectivity index (χ1n) is 8.32. The van der Waals surface area contributed by atoms with Crippen LogP contribution in [0.15, 0.2) is 22.7 Å². The van der Waals surface area contributed by atoms with Crippen molar-refractivity contribution in [2.24, 2.45) is 0 Å². The predicted molar refractivity (Wildman–Crippen MR) is 105 cm³/mol. The maximum Gasteiger partial charge on any atom is 0.328 e. The summed E-state index contributed by atoms with van der Waals surface area (Å²) < 4.78 is 21.7. The summed E-state index contributed by atoms with van der Waals surface area (Å²) in [4.78, 5) is 12.6. The van der Waals surface area contributed by atoms with Gasteiger partial charge in [0.25, 0.3) is 0 Å². The topological polar surface area (TPSA) is 67.4 Å². The second kappa shape index (κ2) is 7.47. The molecular formula is C18H27BrN2O3S. The highest BCUT2D eigenvalue weighted by atomic mass is 79.9. The molecule has 0 spiro atoms. The zero-order chi connectivity index (χ0) is 19.0. The number of rotatable bonds is 3. The average Bonchev–Trinajstić information content (AvgIpc) is 2.44. The Morgan fingerprint density at radius 3 is 2.44 bits per heavy atom. The maximum atomic E-state index is 12.6. The number of benzene rings is 1. The number of nitrogens with one attached hydrogen (secondary N) is 2. The average molecular weight is 431 g/mol. The Hall–Kier alpha value is -0.760. The molecule has 0 fully saturated rings. The SMILES string of the molecule is CC(C)(C)OC(=O)C1NCC(N[S@](=O)C(C)(C)C)c2ccc(Br)cc21. The van der Waals surface area contributed by atoms with E-state index >= 15 is 0 Å². The lowest BCUT2D eigenvalue weighted by molar-refractivity contribution is -0.157. The molecule has 25 heavy (non-hydrogen) atoms. The van der Waals surface area contributed by atoms with Gasteiger partial charge in [-0.3, -0.25) is 5.32 Å². The third-order valence-electron chi connectivity index (χ3n) is 3.71. The summed E-state index contributed by atoms with van der Waals surface area (Å²) in [7, 11) is -1.20. The normalized spacial score (nSPS) is 22.2. The Morgan fingerprint density at radius 2 is 1.88 bits per heavy atom. The van der Waals surface area contributed by atoms with E-state index in [1.54, 1.807) is 0 Å². The fraction of sp³-hybridized carbons (Fsp3) is 0.611. The number of esters is 1. The van der Waals surface area contributed by atoms with Gasteiger partial charge in [-0.05, 0) is 64.8 Å². The van der Waals surface area contributed by atoms with Crippen LogP contribution in [0.4, 0.5) is 0 Å². The summed E-state index contributed by atoms with van der Waals surface area (Å²) in [6.07, 6.45) is 0. The van der Waals surface area contributed by atoms with Crippen LogP contribution in [0.2, 0.25) is 0 Å². The Kier molecular flexibility index (Phi) is 6.14. The van der Waals surface area contributed by atoms with Crippen LogP contribution >= 0.6 is 15.9 Å². The standard InChI is InChI=1S/C18H27BrN2O3S/c1-17(2,3)24-16(22)15-13-9-11(19)7-8-12(13)14(10-20-15)21-25(23)18(4,5)6/h7-9,14-15,20-21H,10H2,1-6H3/t14?,15?,25-/m1/s1. The molecule has 2 unspecified atom stereocenters. The number of ether oxygens (including phenoxy) is 1. The van der Waals surface area contributed by atoms with Crippen LogP contribution in [-0.2, 0) is 20.5 Å². The number of carbonyl (C=O) groups excluding carboxylic acids is 1. The minimum absolute atomic E-state index is 0.137. The molecule has 1 aliphatic heterocycles. The van der Waals surface area contributed by atoms with E-state index in [9.17, 15) is 9.00 Å². The molecule has 0 amide bonds. The molecule has 0 saturated carbocycles. The van der Waals surface area contributed by atoms with Gasteiger partial charge in [-0.15, -0.1) is 0 Å². The van der Waals surface area contributed by atoms with Gasteiger partial charge in [0, 0.05) is 11.0 Å². The third-order valence-corrected chi connectivity index (χ3v) is 5.81. The van der Waals surface area contributed by atoms with Crippen molar-refractivity contribution in [3.8, 4) is 0 Å². The van der Waals surface area contributed by atoms with Crippen LogP contribution in [0.25, 0.3) is 0 Å². The lowest BCUT2D eigenvalue weighted by Crippen LogP contribution is -2.46. The van der Waals surface area contributed by atoms with Crippen molar-refractivity contribution in [1.82, 2.24) is 10.0 Å². The molecule has 0 radical (unpaired) electrons. The Bertz CT molecular complexity index is 680. The van der Waals surface area contributed by atoms with Crippen LogP contribution in [0.1, 0.15) is 64.8 Å². The number of fused-ring (bicyclic) bond motifs is 1. The number of carbonyl (C=O) groups is 1. The summed E-state index contributed by atoms with van der Waals surface area (Å²) >= 11 is 3.47. The van der Waals surface area contributed by atoms with Crippen LogP contribution in [0.5, 0.6) is 0 Å². The van der Waals surface area contributed by atoms with Gasteiger partial charge in [-0.25, -0.2) is 13.7 Å². The van der Waals surface area contributed by atoms with E-state index in [-0.39, 0.29) is 16.8 Å². The summed E-state index contributed by atoms with van der Waals surface area (Å²) in [5.74, 6) is -0.303. The van der Waals surface area contributed by atoms with Gasteiger partial charge >= 0.3 is 5.97 Å². The fourth-order valence-corrected chi connectivity index (χ4v) is 3.75. The Labute approximate surface area is 161 Å². The van der Waals surface area contributed by atoms with Crippen molar-refractivity contribution < 1.29 is 13.7 Å². The molecule has 1 aromatic carbocycles. The quantitative estimate of drug-likeness (QED) is 0.719. The number of hydrogen-bond acceptors (Lipinski definition) is 4. The zero-order valence-electron chi connectivity index (χ0n) is 15.6. The van der Waals surface area contributed by atoms with E-state index in [2.05, 4.69) is 26.0 Å². The van der Waals surface area contributed by atoms with E-state index in [1.807, 2.05) is 59.7 Å². The Balaban J connectivity index is 2.31. The van der Waals surface area contributed by atoms with E-state index in [1.165, 1.54) is 0 Å². The molecular weight excluding hydrogens is 404 g/mol. The van der Waals surface area contributed by atoms with Gasteiger partial charge in [0.05, 0.1) is 21.8 Å². The summed E-state index contributed by atoms with van der Waals surface area (Å²) in [5.41, 5.74) is 1.27. The van der Waals surface area contributed by atoms with Crippen molar-refractivity contribution in [3.63, 3.8) is 0 Å². The molecule has 7 heteroatoms. The fourth-order valence-electron chi connectivity index (χ4n) is 2.55.